The van der Waals surface area contributed by atoms with Crippen LogP contribution < -0.4 is 4.90 Å². The lowest BCUT2D eigenvalue weighted by atomic mass is 10.1. The molecule has 0 aliphatic heterocycles. The molecular formula is C16H18ClNO2. The van der Waals surface area contributed by atoms with E-state index in [0.29, 0.717) is 23.7 Å². The minimum atomic E-state index is -0.119. The van der Waals surface area contributed by atoms with Gasteiger partial charge < -0.3 is 15.1 Å². The fourth-order valence-electron chi connectivity index (χ4n) is 2.21. The van der Waals surface area contributed by atoms with Gasteiger partial charge in [0.05, 0.1) is 13.2 Å². The standard InChI is InChI=1S/C16H18ClNO2/c17-15-7-4-8-16(14(15)12-20)18(9-10-19)11-13-5-2-1-3-6-13/h1-8,19-20H,9-12H2. The van der Waals surface area contributed by atoms with Gasteiger partial charge in [0, 0.05) is 29.4 Å². The molecule has 0 saturated carbocycles. The van der Waals surface area contributed by atoms with E-state index in [4.69, 9.17) is 11.6 Å². The Labute approximate surface area is 124 Å². The molecule has 0 saturated heterocycles. The summed E-state index contributed by atoms with van der Waals surface area (Å²) in [4.78, 5) is 2.02. The molecule has 0 spiro atoms. The Morgan fingerprint density at radius 1 is 0.950 bits per heavy atom. The normalized spacial score (nSPS) is 10.6. The smallest absolute Gasteiger partial charge is 0.0716 e. The number of nitrogens with zero attached hydrogens (tertiary/aromatic N) is 1. The van der Waals surface area contributed by atoms with Crippen molar-refractivity contribution >= 4 is 17.3 Å². The maximum atomic E-state index is 9.51. The molecule has 4 heteroatoms. The van der Waals surface area contributed by atoms with E-state index in [1.54, 1.807) is 6.07 Å². The first kappa shape index (κ1) is 14.9. The monoisotopic (exact) mass is 291 g/mol. The lowest BCUT2D eigenvalue weighted by Gasteiger charge is -2.26. The lowest BCUT2D eigenvalue weighted by molar-refractivity contribution is 0.280. The van der Waals surface area contributed by atoms with Crippen LogP contribution >= 0.6 is 11.6 Å². The van der Waals surface area contributed by atoms with Crippen molar-refractivity contribution in [3.8, 4) is 0 Å². The molecule has 0 bridgehead atoms. The highest BCUT2D eigenvalue weighted by atomic mass is 35.5. The summed E-state index contributed by atoms with van der Waals surface area (Å²) < 4.78 is 0. The topological polar surface area (TPSA) is 43.7 Å². The Balaban J connectivity index is 2.31. The summed E-state index contributed by atoms with van der Waals surface area (Å²) in [5.41, 5.74) is 2.70. The Morgan fingerprint density at radius 2 is 1.70 bits per heavy atom. The van der Waals surface area contributed by atoms with Gasteiger partial charge in [-0.05, 0) is 17.7 Å². The average molecular weight is 292 g/mol. The van der Waals surface area contributed by atoms with Crippen molar-refractivity contribution in [1.29, 1.82) is 0 Å². The predicted octanol–water partition coefficient (Wildman–Crippen LogP) is 2.83. The van der Waals surface area contributed by atoms with E-state index in [9.17, 15) is 10.2 Å². The van der Waals surface area contributed by atoms with Crippen LogP contribution in [0, 0.1) is 0 Å². The zero-order valence-electron chi connectivity index (χ0n) is 11.2. The maximum Gasteiger partial charge on any atom is 0.0716 e. The summed E-state index contributed by atoms with van der Waals surface area (Å²) in [7, 11) is 0. The maximum absolute atomic E-state index is 9.51. The second kappa shape index (κ2) is 7.29. The number of aliphatic hydroxyl groups excluding tert-OH is 2. The summed E-state index contributed by atoms with van der Waals surface area (Å²) in [6.07, 6.45) is 0. The Kier molecular flexibility index (Phi) is 5.41. The third-order valence-electron chi connectivity index (χ3n) is 3.18. The van der Waals surface area contributed by atoms with Crippen LogP contribution in [-0.2, 0) is 13.2 Å². The number of rotatable bonds is 6. The van der Waals surface area contributed by atoms with E-state index in [1.807, 2.05) is 47.4 Å². The molecule has 0 fully saturated rings. The number of halogens is 1. The zero-order chi connectivity index (χ0) is 14.4. The van der Waals surface area contributed by atoms with Gasteiger partial charge in [-0.2, -0.15) is 0 Å². The van der Waals surface area contributed by atoms with Crippen molar-refractivity contribution in [2.24, 2.45) is 0 Å². The van der Waals surface area contributed by atoms with E-state index in [1.165, 1.54) is 0 Å². The van der Waals surface area contributed by atoms with Crippen molar-refractivity contribution < 1.29 is 10.2 Å². The van der Waals surface area contributed by atoms with Crippen LogP contribution in [0.5, 0.6) is 0 Å². The summed E-state index contributed by atoms with van der Waals surface area (Å²) in [5, 5.41) is 19.3. The highest BCUT2D eigenvalue weighted by Gasteiger charge is 2.13. The fourth-order valence-corrected chi connectivity index (χ4v) is 2.44. The third kappa shape index (κ3) is 3.51. The molecule has 2 aromatic carbocycles. The average Bonchev–Trinajstić information content (AvgIpc) is 2.47. The van der Waals surface area contributed by atoms with Gasteiger partial charge in [0.25, 0.3) is 0 Å². The second-order valence-corrected chi connectivity index (χ2v) is 4.93. The quantitative estimate of drug-likeness (QED) is 0.860. The first-order valence-corrected chi connectivity index (χ1v) is 6.92. The van der Waals surface area contributed by atoms with Crippen LogP contribution in [0.4, 0.5) is 5.69 Å². The molecule has 2 aromatic rings. The van der Waals surface area contributed by atoms with Gasteiger partial charge in [-0.25, -0.2) is 0 Å². The highest BCUT2D eigenvalue weighted by molar-refractivity contribution is 6.31. The number of anilines is 1. The van der Waals surface area contributed by atoms with E-state index < -0.39 is 0 Å². The van der Waals surface area contributed by atoms with Crippen LogP contribution in [-0.4, -0.2) is 23.4 Å². The highest BCUT2D eigenvalue weighted by Crippen LogP contribution is 2.28. The molecule has 0 heterocycles. The van der Waals surface area contributed by atoms with Crippen LogP contribution in [0.1, 0.15) is 11.1 Å². The molecule has 106 valence electrons. The molecule has 20 heavy (non-hydrogen) atoms. The molecule has 0 aliphatic rings. The molecule has 2 rings (SSSR count). The summed E-state index contributed by atoms with van der Waals surface area (Å²) in [6.45, 7) is 1.08. The lowest BCUT2D eigenvalue weighted by Crippen LogP contribution is -2.27. The van der Waals surface area contributed by atoms with Crippen molar-refractivity contribution in [3.63, 3.8) is 0 Å². The van der Waals surface area contributed by atoms with Gasteiger partial charge in [-0.1, -0.05) is 48.0 Å². The van der Waals surface area contributed by atoms with Gasteiger partial charge in [-0.3, -0.25) is 0 Å². The van der Waals surface area contributed by atoms with Crippen LogP contribution in [0.15, 0.2) is 48.5 Å². The van der Waals surface area contributed by atoms with E-state index >= 15 is 0 Å². The van der Waals surface area contributed by atoms with E-state index in [-0.39, 0.29) is 13.2 Å². The van der Waals surface area contributed by atoms with Crippen molar-refractivity contribution in [3.05, 3.63) is 64.7 Å². The Morgan fingerprint density at radius 3 is 2.35 bits per heavy atom. The third-order valence-corrected chi connectivity index (χ3v) is 3.53. The molecule has 2 N–H and O–H groups in total. The molecule has 0 radical (unpaired) electrons. The summed E-state index contributed by atoms with van der Waals surface area (Å²) in [5.74, 6) is 0. The minimum absolute atomic E-state index is 0.0458. The summed E-state index contributed by atoms with van der Waals surface area (Å²) in [6, 6.07) is 15.5. The van der Waals surface area contributed by atoms with Gasteiger partial charge in [0.1, 0.15) is 0 Å². The number of benzene rings is 2. The Hall–Kier alpha value is -1.55. The predicted molar refractivity (Wildman–Crippen MR) is 82.0 cm³/mol. The number of aliphatic hydroxyl groups is 2. The van der Waals surface area contributed by atoms with Gasteiger partial charge in [0.15, 0.2) is 0 Å². The molecular weight excluding hydrogens is 274 g/mol. The SMILES string of the molecule is OCCN(Cc1ccccc1)c1cccc(Cl)c1CO. The molecule has 0 unspecified atom stereocenters. The molecule has 0 atom stereocenters. The van der Waals surface area contributed by atoms with Crippen molar-refractivity contribution in [1.82, 2.24) is 0 Å². The molecule has 0 aliphatic carbocycles. The van der Waals surface area contributed by atoms with Crippen molar-refractivity contribution in [2.45, 2.75) is 13.2 Å². The second-order valence-electron chi connectivity index (χ2n) is 4.53. The van der Waals surface area contributed by atoms with E-state index in [0.717, 1.165) is 11.3 Å². The van der Waals surface area contributed by atoms with Gasteiger partial charge in [0.2, 0.25) is 0 Å². The Bertz CT molecular complexity index is 545. The van der Waals surface area contributed by atoms with Crippen molar-refractivity contribution in [2.75, 3.05) is 18.1 Å². The molecule has 0 amide bonds. The first-order valence-electron chi connectivity index (χ1n) is 6.54. The van der Waals surface area contributed by atoms with Crippen LogP contribution in [0.3, 0.4) is 0 Å². The fraction of sp³-hybridized carbons (Fsp3) is 0.250. The van der Waals surface area contributed by atoms with E-state index in [2.05, 4.69) is 0 Å². The molecule has 0 aromatic heterocycles. The zero-order valence-corrected chi connectivity index (χ0v) is 11.9. The van der Waals surface area contributed by atoms with Crippen LogP contribution in [0.2, 0.25) is 5.02 Å². The summed E-state index contributed by atoms with van der Waals surface area (Å²) >= 11 is 6.13. The number of hydrogen-bond acceptors (Lipinski definition) is 3. The van der Waals surface area contributed by atoms with Gasteiger partial charge in [-0.15, -0.1) is 0 Å². The van der Waals surface area contributed by atoms with Gasteiger partial charge >= 0.3 is 0 Å². The largest absolute Gasteiger partial charge is 0.395 e. The van der Waals surface area contributed by atoms with Crippen LogP contribution in [0.25, 0.3) is 0 Å². The molecule has 3 nitrogen and oxygen atoms in total. The number of hydrogen-bond donors (Lipinski definition) is 2. The minimum Gasteiger partial charge on any atom is -0.395 e. The first-order chi connectivity index (χ1) is 9.76.